The second-order valence-electron chi connectivity index (χ2n) is 2.96. The van der Waals surface area contributed by atoms with Gasteiger partial charge in [-0.2, -0.15) is 8.78 Å². The molecule has 0 aliphatic heterocycles. The fourth-order valence-electron chi connectivity index (χ4n) is 1.26. The minimum Gasteiger partial charge on any atom is -0.434 e. The maximum absolute atomic E-state index is 12.1. The molecule has 0 heterocycles. The van der Waals surface area contributed by atoms with E-state index in [-0.39, 0.29) is 3.57 Å². The summed E-state index contributed by atoms with van der Waals surface area (Å²) in [4.78, 5) is 21.3. The van der Waals surface area contributed by atoms with Gasteiger partial charge in [0.1, 0.15) is 11.3 Å². The van der Waals surface area contributed by atoms with Gasteiger partial charge in [-0.15, -0.1) is 0 Å². The highest BCUT2D eigenvalue weighted by molar-refractivity contribution is 14.1. The number of carbonyl (C=O) groups excluding carboxylic acids is 1. The zero-order valence-corrected chi connectivity index (χ0v) is 10.6. The van der Waals surface area contributed by atoms with Crippen LogP contribution in [0.25, 0.3) is 0 Å². The number of benzene rings is 1. The molecule has 0 unspecified atom stereocenters. The van der Waals surface area contributed by atoms with Crippen molar-refractivity contribution in [1.29, 1.82) is 0 Å². The molecule has 0 spiro atoms. The molecule has 0 atom stereocenters. The van der Waals surface area contributed by atoms with Crippen molar-refractivity contribution < 1.29 is 23.2 Å². The van der Waals surface area contributed by atoms with E-state index in [0.29, 0.717) is 0 Å². The number of hydrogen-bond acceptors (Lipinski definition) is 4. The standard InChI is InChI=1S/C9H6F2INO4/c1-4(14)7-6(17-9(10)11)3-2-5(12)8(7)13(15)16/h2-3,9H,1H3. The average molecular weight is 357 g/mol. The summed E-state index contributed by atoms with van der Waals surface area (Å²) in [5, 5.41) is 10.8. The minimum absolute atomic E-state index is 0.180. The van der Waals surface area contributed by atoms with Crippen molar-refractivity contribution in [3.05, 3.63) is 31.4 Å². The normalized spacial score (nSPS) is 10.4. The summed E-state index contributed by atoms with van der Waals surface area (Å²) in [5.74, 6) is -1.19. The molecule has 0 N–H and O–H groups in total. The summed E-state index contributed by atoms with van der Waals surface area (Å²) < 4.78 is 28.5. The molecule has 0 aliphatic carbocycles. The van der Waals surface area contributed by atoms with Crippen molar-refractivity contribution in [1.82, 2.24) is 0 Å². The third kappa shape index (κ3) is 3.08. The number of hydrogen-bond donors (Lipinski definition) is 0. The van der Waals surface area contributed by atoms with Gasteiger partial charge in [0.05, 0.1) is 8.49 Å². The number of nitro benzene ring substituents is 1. The van der Waals surface area contributed by atoms with E-state index >= 15 is 0 Å². The van der Waals surface area contributed by atoms with Gasteiger partial charge in [0, 0.05) is 0 Å². The molecule has 8 heteroatoms. The van der Waals surface area contributed by atoms with E-state index in [9.17, 15) is 23.7 Å². The van der Waals surface area contributed by atoms with Crippen LogP contribution < -0.4 is 4.74 Å². The highest BCUT2D eigenvalue weighted by atomic mass is 127. The number of rotatable bonds is 4. The number of Topliss-reactive ketones (excluding diaryl/α,β-unsaturated/α-hetero) is 1. The van der Waals surface area contributed by atoms with Crippen molar-refractivity contribution in [2.45, 2.75) is 13.5 Å². The third-order valence-corrected chi connectivity index (χ3v) is 2.71. The maximum Gasteiger partial charge on any atom is 0.387 e. The molecule has 0 saturated heterocycles. The predicted octanol–water partition coefficient (Wildman–Crippen LogP) is 3.00. The molecule has 0 radical (unpaired) electrons. The summed E-state index contributed by atoms with van der Waals surface area (Å²) in [7, 11) is 0. The lowest BCUT2D eigenvalue weighted by atomic mass is 10.1. The lowest BCUT2D eigenvalue weighted by molar-refractivity contribution is -0.386. The topological polar surface area (TPSA) is 69.4 Å². The van der Waals surface area contributed by atoms with E-state index in [4.69, 9.17) is 0 Å². The first kappa shape index (κ1) is 13.7. The summed E-state index contributed by atoms with van der Waals surface area (Å²) in [6.45, 7) is -2.09. The predicted molar refractivity (Wildman–Crippen MR) is 62.4 cm³/mol. The van der Waals surface area contributed by atoms with E-state index in [1.165, 1.54) is 6.07 Å². The van der Waals surface area contributed by atoms with Gasteiger partial charge >= 0.3 is 6.61 Å². The van der Waals surface area contributed by atoms with Gasteiger partial charge in [0.2, 0.25) is 0 Å². The monoisotopic (exact) mass is 357 g/mol. The van der Waals surface area contributed by atoms with Gasteiger partial charge in [0.15, 0.2) is 5.78 Å². The molecule has 92 valence electrons. The van der Waals surface area contributed by atoms with Crippen molar-refractivity contribution >= 4 is 34.1 Å². The van der Waals surface area contributed by atoms with Crippen LogP contribution in [0, 0.1) is 13.7 Å². The minimum atomic E-state index is -3.15. The number of ketones is 1. The highest BCUT2D eigenvalue weighted by Gasteiger charge is 2.27. The molecule has 0 bridgehead atoms. The summed E-state index contributed by atoms with van der Waals surface area (Å²) in [6.07, 6.45) is 0. The number of carbonyl (C=O) groups is 1. The molecule has 1 aromatic rings. The van der Waals surface area contributed by atoms with E-state index in [1.54, 1.807) is 22.6 Å². The number of nitro groups is 1. The van der Waals surface area contributed by atoms with Crippen LogP contribution in [0.2, 0.25) is 0 Å². The molecule has 0 aromatic heterocycles. The van der Waals surface area contributed by atoms with Crippen LogP contribution in [0.4, 0.5) is 14.5 Å². The lowest BCUT2D eigenvalue weighted by Gasteiger charge is -2.09. The molecule has 0 aliphatic rings. The smallest absolute Gasteiger partial charge is 0.387 e. The number of alkyl halides is 2. The molecule has 0 saturated carbocycles. The van der Waals surface area contributed by atoms with E-state index in [2.05, 4.69) is 4.74 Å². The quantitative estimate of drug-likeness (QED) is 0.360. The van der Waals surface area contributed by atoms with Crippen LogP contribution in [0.15, 0.2) is 12.1 Å². The number of nitrogens with zero attached hydrogens (tertiary/aromatic N) is 1. The molecular formula is C9H6F2INO4. The van der Waals surface area contributed by atoms with E-state index in [1.807, 2.05) is 0 Å². The molecule has 5 nitrogen and oxygen atoms in total. The Bertz CT molecular complexity index is 478. The maximum atomic E-state index is 12.1. The number of halogens is 3. The fraction of sp³-hybridized carbons (Fsp3) is 0.222. The van der Waals surface area contributed by atoms with E-state index in [0.717, 1.165) is 13.0 Å². The summed E-state index contributed by atoms with van der Waals surface area (Å²) in [6, 6.07) is 2.35. The highest BCUT2D eigenvalue weighted by Crippen LogP contribution is 2.34. The average Bonchev–Trinajstić information content (AvgIpc) is 2.18. The molecule has 1 rings (SSSR count). The Morgan fingerprint density at radius 1 is 1.53 bits per heavy atom. The Labute approximate surface area is 108 Å². The first-order chi connectivity index (χ1) is 7.84. The van der Waals surface area contributed by atoms with Gasteiger partial charge in [-0.05, 0) is 41.6 Å². The van der Waals surface area contributed by atoms with Crippen LogP contribution >= 0.6 is 22.6 Å². The third-order valence-electron chi connectivity index (χ3n) is 1.84. The molecule has 17 heavy (non-hydrogen) atoms. The van der Waals surface area contributed by atoms with Gasteiger partial charge in [0.25, 0.3) is 5.69 Å². The van der Waals surface area contributed by atoms with Crippen LogP contribution in [0.1, 0.15) is 17.3 Å². The lowest BCUT2D eigenvalue weighted by Crippen LogP contribution is -2.09. The fourth-order valence-corrected chi connectivity index (χ4v) is 1.91. The molecule has 0 amide bonds. The molecule has 0 fully saturated rings. The van der Waals surface area contributed by atoms with Crippen LogP contribution in [-0.4, -0.2) is 17.3 Å². The van der Waals surface area contributed by atoms with Crippen LogP contribution in [0.3, 0.4) is 0 Å². The largest absolute Gasteiger partial charge is 0.434 e. The van der Waals surface area contributed by atoms with Gasteiger partial charge in [-0.1, -0.05) is 0 Å². The van der Waals surface area contributed by atoms with Crippen molar-refractivity contribution in [3.63, 3.8) is 0 Å². The Morgan fingerprint density at radius 2 is 2.12 bits per heavy atom. The Morgan fingerprint density at radius 3 is 2.53 bits per heavy atom. The van der Waals surface area contributed by atoms with Crippen molar-refractivity contribution in [3.8, 4) is 5.75 Å². The Balaban J connectivity index is 3.47. The second-order valence-corrected chi connectivity index (χ2v) is 4.12. The van der Waals surface area contributed by atoms with Gasteiger partial charge in [-0.25, -0.2) is 0 Å². The second kappa shape index (κ2) is 5.34. The zero-order valence-electron chi connectivity index (χ0n) is 8.45. The first-order valence-electron chi connectivity index (χ1n) is 4.27. The molecule has 1 aromatic carbocycles. The van der Waals surface area contributed by atoms with Crippen LogP contribution in [0.5, 0.6) is 5.75 Å². The summed E-state index contributed by atoms with van der Waals surface area (Å²) >= 11 is 1.65. The van der Waals surface area contributed by atoms with Gasteiger partial charge < -0.3 is 4.74 Å². The Hall–Kier alpha value is -1.32. The van der Waals surface area contributed by atoms with Gasteiger partial charge in [-0.3, -0.25) is 14.9 Å². The summed E-state index contributed by atoms with van der Waals surface area (Å²) in [5.41, 5.74) is -0.960. The Kier molecular flexibility index (Phi) is 4.32. The number of ether oxygens (including phenoxy) is 1. The van der Waals surface area contributed by atoms with Crippen molar-refractivity contribution in [2.75, 3.05) is 0 Å². The zero-order chi connectivity index (χ0) is 13.2. The van der Waals surface area contributed by atoms with Crippen LogP contribution in [-0.2, 0) is 0 Å². The van der Waals surface area contributed by atoms with E-state index < -0.39 is 34.3 Å². The SMILES string of the molecule is CC(=O)c1c(OC(F)F)ccc(I)c1[N+](=O)[O-]. The van der Waals surface area contributed by atoms with Crippen molar-refractivity contribution in [2.24, 2.45) is 0 Å². The molecular weight excluding hydrogens is 351 g/mol. The first-order valence-corrected chi connectivity index (χ1v) is 5.35.